The van der Waals surface area contributed by atoms with Crippen LogP contribution in [0, 0.1) is 0 Å². The van der Waals surface area contributed by atoms with E-state index < -0.39 is 0 Å². The van der Waals surface area contributed by atoms with Crippen LogP contribution in [-0.2, 0) is 0 Å². The Hall–Kier alpha value is -2.28. The van der Waals surface area contributed by atoms with Crippen molar-refractivity contribution in [3.05, 3.63) is 36.2 Å². The van der Waals surface area contributed by atoms with E-state index in [1.54, 1.807) is 12.5 Å². The number of carbonyl (C=O) groups is 1. The molecule has 4 rings (SSSR count). The SMILES string of the molecule is CC(C)n1ncc2c(C(=O)N3CCSCC3)cc(-c3ccco3)nc21. The second-order valence-electron chi connectivity index (χ2n) is 6.36. The molecular weight excluding hydrogens is 336 g/mol. The number of thioether (sulfide) groups is 1. The molecule has 0 aromatic carbocycles. The number of rotatable bonds is 3. The summed E-state index contributed by atoms with van der Waals surface area (Å²) in [5.74, 6) is 2.66. The van der Waals surface area contributed by atoms with E-state index in [-0.39, 0.29) is 11.9 Å². The molecule has 3 aromatic heterocycles. The van der Waals surface area contributed by atoms with Crippen molar-refractivity contribution >= 4 is 28.7 Å². The summed E-state index contributed by atoms with van der Waals surface area (Å²) in [6.45, 7) is 5.66. The molecule has 3 aromatic rings. The van der Waals surface area contributed by atoms with Gasteiger partial charge in [-0.25, -0.2) is 9.67 Å². The molecule has 0 saturated carbocycles. The minimum atomic E-state index is 0.0452. The van der Waals surface area contributed by atoms with Crippen LogP contribution < -0.4 is 0 Å². The highest BCUT2D eigenvalue weighted by atomic mass is 32.2. The summed E-state index contributed by atoms with van der Waals surface area (Å²) in [6, 6.07) is 5.67. The van der Waals surface area contributed by atoms with Crippen LogP contribution in [0.1, 0.15) is 30.2 Å². The third kappa shape index (κ3) is 2.93. The van der Waals surface area contributed by atoms with Gasteiger partial charge in [0.25, 0.3) is 5.91 Å². The lowest BCUT2D eigenvalue weighted by Crippen LogP contribution is -2.38. The van der Waals surface area contributed by atoms with Crippen molar-refractivity contribution in [1.29, 1.82) is 0 Å². The zero-order chi connectivity index (χ0) is 17.4. The van der Waals surface area contributed by atoms with E-state index in [1.807, 2.05) is 39.5 Å². The monoisotopic (exact) mass is 356 g/mol. The van der Waals surface area contributed by atoms with Gasteiger partial charge in [0.05, 0.1) is 23.4 Å². The number of furan rings is 1. The van der Waals surface area contributed by atoms with Crippen molar-refractivity contribution in [3.8, 4) is 11.5 Å². The summed E-state index contributed by atoms with van der Waals surface area (Å²) in [6.07, 6.45) is 3.37. The highest BCUT2D eigenvalue weighted by Gasteiger charge is 2.24. The number of carbonyl (C=O) groups excluding carboxylic acids is 1. The van der Waals surface area contributed by atoms with Crippen molar-refractivity contribution in [2.45, 2.75) is 19.9 Å². The Morgan fingerprint density at radius 2 is 2.12 bits per heavy atom. The van der Waals surface area contributed by atoms with Gasteiger partial charge in [-0.2, -0.15) is 16.9 Å². The molecule has 0 radical (unpaired) electrons. The maximum Gasteiger partial charge on any atom is 0.254 e. The Labute approximate surface area is 150 Å². The van der Waals surface area contributed by atoms with Crippen LogP contribution in [-0.4, -0.2) is 50.2 Å². The van der Waals surface area contributed by atoms with Crippen LogP contribution in [0.2, 0.25) is 0 Å². The Kier molecular flexibility index (Phi) is 4.25. The van der Waals surface area contributed by atoms with E-state index in [1.165, 1.54) is 0 Å². The lowest BCUT2D eigenvalue weighted by molar-refractivity contribution is 0.0774. The van der Waals surface area contributed by atoms with Gasteiger partial charge in [-0.05, 0) is 32.0 Å². The average molecular weight is 356 g/mol. The Morgan fingerprint density at radius 3 is 2.80 bits per heavy atom. The van der Waals surface area contributed by atoms with Gasteiger partial charge in [0.1, 0.15) is 5.69 Å². The van der Waals surface area contributed by atoms with Gasteiger partial charge in [0.2, 0.25) is 0 Å². The summed E-state index contributed by atoms with van der Waals surface area (Å²) in [4.78, 5) is 19.8. The molecule has 1 saturated heterocycles. The molecule has 1 aliphatic rings. The zero-order valence-corrected chi connectivity index (χ0v) is 15.1. The quantitative estimate of drug-likeness (QED) is 0.719. The Bertz CT molecular complexity index is 895. The lowest BCUT2D eigenvalue weighted by Gasteiger charge is -2.26. The van der Waals surface area contributed by atoms with Gasteiger partial charge in [-0.1, -0.05) is 0 Å². The summed E-state index contributed by atoms with van der Waals surface area (Å²) in [7, 11) is 0. The van der Waals surface area contributed by atoms with E-state index in [9.17, 15) is 4.79 Å². The Balaban J connectivity index is 1.88. The minimum Gasteiger partial charge on any atom is -0.463 e. The molecule has 25 heavy (non-hydrogen) atoms. The van der Waals surface area contributed by atoms with Crippen LogP contribution in [0.5, 0.6) is 0 Å². The first-order chi connectivity index (χ1) is 12.1. The summed E-state index contributed by atoms with van der Waals surface area (Å²) in [5.41, 5.74) is 2.03. The average Bonchev–Trinajstić information content (AvgIpc) is 3.30. The van der Waals surface area contributed by atoms with E-state index in [4.69, 9.17) is 9.40 Å². The highest BCUT2D eigenvalue weighted by Crippen LogP contribution is 2.28. The predicted octanol–water partition coefficient (Wildman–Crippen LogP) is 3.46. The first-order valence-corrected chi connectivity index (χ1v) is 9.60. The largest absolute Gasteiger partial charge is 0.463 e. The summed E-state index contributed by atoms with van der Waals surface area (Å²) >= 11 is 1.89. The van der Waals surface area contributed by atoms with Gasteiger partial charge in [-0.15, -0.1) is 0 Å². The molecule has 1 fully saturated rings. The summed E-state index contributed by atoms with van der Waals surface area (Å²) in [5, 5.41) is 5.25. The fourth-order valence-corrected chi connectivity index (χ4v) is 3.96. The van der Waals surface area contributed by atoms with Gasteiger partial charge in [0, 0.05) is 30.6 Å². The van der Waals surface area contributed by atoms with Crippen LogP contribution in [0.4, 0.5) is 0 Å². The molecule has 0 N–H and O–H groups in total. The number of fused-ring (bicyclic) bond motifs is 1. The third-order valence-corrected chi connectivity index (χ3v) is 5.30. The molecule has 4 heterocycles. The van der Waals surface area contributed by atoms with Crippen molar-refractivity contribution in [2.75, 3.05) is 24.6 Å². The number of hydrogen-bond acceptors (Lipinski definition) is 5. The maximum absolute atomic E-state index is 13.1. The van der Waals surface area contributed by atoms with E-state index in [2.05, 4.69) is 18.9 Å². The predicted molar refractivity (Wildman–Crippen MR) is 98.8 cm³/mol. The van der Waals surface area contributed by atoms with Crippen LogP contribution in [0.25, 0.3) is 22.5 Å². The zero-order valence-electron chi connectivity index (χ0n) is 14.3. The maximum atomic E-state index is 13.1. The number of pyridine rings is 1. The number of amides is 1. The fourth-order valence-electron chi connectivity index (χ4n) is 3.06. The molecule has 0 aliphatic carbocycles. The molecule has 0 atom stereocenters. The van der Waals surface area contributed by atoms with Crippen molar-refractivity contribution < 1.29 is 9.21 Å². The van der Waals surface area contributed by atoms with Crippen LogP contribution in [0.15, 0.2) is 35.1 Å². The molecular formula is C18H20N4O2S. The minimum absolute atomic E-state index is 0.0452. The van der Waals surface area contributed by atoms with Gasteiger partial charge < -0.3 is 9.32 Å². The standard InChI is InChI=1S/C18H20N4O2S/c1-12(2)22-17-14(11-19-22)13(18(23)21-5-8-25-9-6-21)10-15(20-17)16-4-3-7-24-16/h3-4,7,10-12H,5-6,8-9H2,1-2H3. The van der Waals surface area contributed by atoms with Crippen molar-refractivity contribution in [2.24, 2.45) is 0 Å². The second kappa shape index (κ2) is 6.55. The first-order valence-electron chi connectivity index (χ1n) is 8.44. The molecule has 130 valence electrons. The molecule has 0 spiro atoms. The van der Waals surface area contributed by atoms with E-state index in [0.717, 1.165) is 35.6 Å². The first kappa shape index (κ1) is 16.2. The number of aromatic nitrogens is 3. The van der Waals surface area contributed by atoms with Crippen molar-refractivity contribution in [1.82, 2.24) is 19.7 Å². The fraction of sp³-hybridized carbons (Fsp3) is 0.389. The van der Waals surface area contributed by atoms with Crippen LogP contribution in [0.3, 0.4) is 0 Å². The number of hydrogen-bond donors (Lipinski definition) is 0. The van der Waals surface area contributed by atoms with Crippen LogP contribution >= 0.6 is 11.8 Å². The normalized spacial score (nSPS) is 15.2. The molecule has 0 bridgehead atoms. The molecule has 0 unspecified atom stereocenters. The molecule has 1 amide bonds. The van der Waals surface area contributed by atoms with E-state index >= 15 is 0 Å². The summed E-state index contributed by atoms with van der Waals surface area (Å²) < 4.78 is 7.36. The number of nitrogens with zero attached hydrogens (tertiary/aromatic N) is 4. The molecule has 7 heteroatoms. The van der Waals surface area contributed by atoms with Gasteiger partial charge in [-0.3, -0.25) is 4.79 Å². The smallest absolute Gasteiger partial charge is 0.254 e. The van der Waals surface area contributed by atoms with Crippen molar-refractivity contribution in [3.63, 3.8) is 0 Å². The molecule has 1 aliphatic heterocycles. The van der Waals surface area contributed by atoms with Gasteiger partial charge in [0.15, 0.2) is 11.4 Å². The van der Waals surface area contributed by atoms with Gasteiger partial charge >= 0.3 is 0 Å². The third-order valence-electron chi connectivity index (χ3n) is 4.36. The topological polar surface area (TPSA) is 64.2 Å². The highest BCUT2D eigenvalue weighted by molar-refractivity contribution is 7.99. The molecule has 6 nitrogen and oxygen atoms in total. The second-order valence-corrected chi connectivity index (χ2v) is 7.58. The van der Waals surface area contributed by atoms with E-state index in [0.29, 0.717) is 17.0 Å². The lowest BCUT2D eigenvalue weighted by atomic mass is 10.1. The Morgan fingerprint density at radius 1 is 1.32 bits per heavy atom.